The molecule has 27 heavy (non-hydrogen) atoms. The zero-order chi connectivity index (χ0) is 20.0. The van der Waals surface area contributed by atoms with Crippen LogP contribution >= 0.6 is 11.3 Å². The van der Waals surface area contributed by atoms with Gasteiger partial charge in [-0.3, -0.25) is 14.5 Å². The minimum atomic E-state index is -0.412. The first kappa shape index (κ1) is 21.4. The van der Waals surface area contributed by atoms with Crippen LogP contribution in [0.1, 0.15) is 47.5 Å². The van der Waals surface area contributed by atoms with Gasteiger partial charge in [0.05, 0.1) is 25.8 Å². The molecule has 1 aromatic heterocycles. The Kier molecular flexibility index (Phi) is 7.79. The molecule has 0 saturated carbocycles. The summed E-state index contributed by atoms with van der Waals surface area (Å²) in [4.78, 5) is 39.2. The molecule has 0 fully saturated rings. The molecule has 0 bridgehead atoms. The SMILES string of the molecule is CCCNC(=O)CN(C)CC(=O)Nc1sc2c(c1C(=O)OC)CCC(C)C2. The van der Waals surface area contributed by atoms with Crippen molar-refractivity contribution in [3.8, 4) is 0 Å². The number of fused-ring (bicyclic) bond motifs is 1. The van der Waals surface area contributed by atoms with E-state index in [-0.39, 0.29) is 24.9 Å². The first-order valence-corrected chi connectivity index (χ1v) is 10.1. The van der Waals surface area contributed by atoms with Crippen LogP contribution in [0.4, 0.5) is 5.00 Å². The second-order valence-corrected chi connectivity index (χ2v) is 8.22. The number of hydrogen-bond acceptors (Lipinski definition) is 6. The first-order chi connectivity index (χ1) is 12.8. The van der Waals surface area contributed by atoms with Crippen LogP contribution in [0.3, 0.4) is 0 Å². The number of anilines is 1. The van der Waals surface area contributed by atoms with Crippen molar-refractivity contribution in [3.63, 3.8) is 0 Å². The topological polar surface area (TPSA) is 87.7 Å². The number of ether oxygens (including phenoxy) is 1. The molecule has 2 rings (SSSR count). The summed E-state index contributed by atoms with van der Waals surface area (Å²) in [6.45, 7) is 5.02. The van der Waals surface area contributed by atoms with E-state index in [0.29, 0.717) is 23.0 Å². The molecule has 1 atom stereocenters. The van der Waals surface area contributed by atoms with Crippen molar-refractivity contribution in [1.82, 2.24) is 10.2 Å². The summed E-state index contributed by atoms with van der Waals surface area (Å²) in [6.07, 6.45) is 3.63. The molecule has 0 aromatic carbocycles. The molecule has 0 saturated heterocycles. The van der Waals surface area contributed by atoms with E-state index in [4.69, 9.17) is 4.74 Å². The highest BCUT2D eigenvalue weighted by Crippen LogP contribution is 2.39. The van der Waals surface area contributed by atoms with Gasteiger partial charge in [-0.15, -0.1) is 11.3 Å². The van der Waals surface area contributed by atoms with Crippen LogP contribution < -0.4 is 10.6 Å². The van der Waals surface area contributed by atoms with Gasteiger partial charge in [-0.05, 0) is 44.2 Å². The summed E-state index contributed by atoms with van der Waals surface area (Å²) in [5, 5.41) is 6.18. The molecule has 1 heterocycles. The number of amides is 2. The monoisotopic (exact) mass is 395 g/mol. The number of thiophene rings is 1. The van der Waals surface area contributed by atoms with Crippen molar-refractivity contribution >= 4 is 34.1 Å². The van der Waals surface area contributed by atoms with Crippen LogP contribution in [0.15, 0.2) is 0 Å². The fourth-order valence-corrected chi connectivity index (χ4v) is 4.60. The van der Waals surface area contributed by atoms with Gasteiger partial charge in [0.2, 0.25) is 11.8 Å². The number of nitrogens with zero attached hydrogens (tertiary/aromatic N) is 1. The lowest BCUT2D eigenvalue weighted by Crippen LogP contribution is -2.39. The summed E-state index contributed by atoms with van der Waals surface area (Å²) in [5.41, 5.74) is 1.49. The zero-order valence-electron chi connectivity index (χ0n) is 16.5. The maximum atomic E-state index is 12.4. The number of carbonyl (C=O) groups excluding carboxylic acids is 3. The second kappa shape index (κ2) is 9.85. The van der Waals surface area contributed by atoms with E-state index in [1.54, 1.807) is 11.9 Å². The molecule has 0 radical (unpaired) electrons. The highest BCUT2D eigenvalue weighted by Gasteiger charge is 2.29. The smallest absolute Gasteiger partial charge is 0.341 e. The minimum absolute atomic E-state index is 0.0686. The molecule has 1 aliphatic rings. The number of nitrogens with one attached hydrogen (secondary N) is 2. The summed E-state index contributed by atoms with van der Waals surface area (Å²) in [7, 11) is 3.07. The van der Waals surface area contributed by atoms with Crippen LogP contribution in [0, 0.1) is 5.92 Å². The van der Waals surface area contributed by atoms with E-state index in [1.807, 2.05) is 6.92 Å². The van der Waals surface area contributed by atoms with Gasteiger partial charge in [-0.25, -0.2) is 4.79 Å². The molecule has 1 aliphatic carbocycles. The number of hydrogen-bond donors (Lipinski definition) is 2. The molecule has 1 unspecified atom stereocenters. The molecular formula is C19H29N3O4S. The van der Waals surface area contributed by atoms with Crippen LogP contribution in [0.2, 0.25) is 0 Å². The Morgan fingerprint density at radius 3 is 2.63 bits per heavy atom. The Bertz CT molecular complexity index is 701. The average molecular weight is 396 g/mol. The van der Waals surface area contributed by atoms with Crippen LogP contribution in [0.25, 0.3) is 0 Å². The predicted octanol–water partition coefficient (Wildman–Crippen LogP) is 2.06. The maximum Gasteiger partial charge on any atom is 0.341 e. The highest BCUT2D eigenvalue weighted by atomic mass is 32.1. The van der Waals surface area contributed by atoms with E-state index >= 15 is 0 Å². The van der Waals surface area contributed by atoms with Crippen LogP contribution in [-0.2, 0) is 27.2 Å². The number of carbonyl (C=O) groups is 3. The fourth-order valence-electron chi connectivity index (χ4n) is 3.19. The molecule has 8 heteroatoms. The Morgan fingerprint density at radius 2 is 1.96 bits per heavy atom. The molecule has 0 spiro atoms. The molecule has 1 aromatic rings. The van der Waals surface area contributed by atoms with Crippen LogP contribution in [0.5, 0.6) is 0 Å². The minimum Gasteiger partial charge on any atom is -0.465 e. The molecule has 0 aliphatic heterocycles. The van der Waals surface area contributed by atoms with Crippen LogP contribution in [-0.4, -0.2) is 56.5 Å². The van der Waals surface area contributed by atoms with Gasteiger partial charge >= 0.3 is 5.97 Å². The number of rotatable bonds is 8. The lowest BCUT2D eigenvalue weighted by atomic mass is 9.88. The summed E-state index contributed by atoms with van der Waals surface area (Å²) < 4.78 is 4.93. The van der Waals surface area contributed by atoms with Gasteiger partial charge in [-0.1, -0.05) is 13.8 Å². The van der Waals surface area contributed by atoms with Gasteiger partial charge in [0, 0.05) is 11.4 Å². The molecular weight excluding hydrogens is 366 g/mol. The molecule has 7 nitrogen and oxygen atoms in total. The Balaban J connectivity index is 2.04. The van der Waals surface area contributed by atoms with Crippen molar-refractivity contribution in [2.75, 3.05) is 39.1 Å². The van der Waals surface area contributed by atoms with E-state index in [2.05, 4.69) is 17.6 Å². The standard InChI is InChI=1S/C19H29N3O4S/c1-5-8-20-15(23)10-22(3)11-16(24)21-18-17(19(25)26-4)13-7-6-12(2)9-14(13)27-18/h12H,5-11H2,1-4H3,(H,20,23)(H,21,24). The van der Waals surface area contributed by atoms with Crippen molar-refractivity contribution in [3.05, 3.63) is 16.0 Å². The predicted molar refractivity (Wildman–Crippen MR) is 106 cm³/mol. The van der Waals surface area contributed by atoms with Gasteiger partial charge in [0.25, 0.3) is 0 Å². The maximum absolute atomic E-state index is 12.4. The van der Waals surface area contributed by atoms with Crippen molar-refractivity contribution < 1.29 is 19.1 Å². The van der Waals surface area contributed by atoms with Crippen molar-refractivity contribution in [2.45, 2.75) is 39.5 Å². The van der Waals surface area contributed by atoms with Crippen molar-refractivity contribution in [1.29, 1.82) is 0 Å². The van der Waals surface area contributed by atoms with Gasteiger partial charge in [0.15, 0.2) is 0 Å². The van der Waals surface area contributed by atoms with E-state index in [1.165, 1.54) is 18.4 Å². The van der Waals surface area contributed by atoms with E-state index in [9.17, 15) is 14.4 Å². The Hall–Kier alpha value is -1.93. The third-order valence-corrected chi connectivity index (χ3v) is 5.72. The Labute approximate surface area is 164 Å². The molecule has 150 valence electrons. The van der Waals surface area contributed by atoms with Crippen molar-refractivity contribution in [2.24, 2.45) is 5.92 Å². The lowest BCUT2D eigenvalue weighted by Gasteiger charge is -2.18. The summed E-state index contributed by atoms with van der Waals surface area (Å²) in [6, 6.07) is 0. The third-order valence-electron chi connectivity index (χ3n) is 4.55. The second-order valence-electron chi connectivity index (χ2n) is 7.12. The quantitative estimate of drug-likeness (QED) is 0.658. The van der Waals surface area contributed by atoms with E-state index in [0.717, 1.165) is 36.1 Å². The van der Waals surface area contributed by atoms with E-state index < -0.39 is 5.97 Å². The Morgan fingerprint density at radius 1 is 1.26 bits per heavy atom. The lowest BCUT2D eigenvalue weighted by molar-refractivity contribution is -0.122. The number of methoxy groups -OCH3 is 1. The fraction of sp³-hybridized carbons (Fsp3) is 0.632. The zero-order valence-corrected chi connectivity index (χ0v) is 17.3. The number of likely N-dealkylation sites (N-methyl/N-ethyl adjacent to an activating group) is 1. The molecule has 2 N–H and O–H groups in total. The van der Waals surface area contributed by atoms with Gasteiger partial charge < -0.3 is 15.4 Å². The largest absolute Gasteiger partial charge is 0.465 e. The summed E-state index contributed by atoms with van der Waals surface area (Å²) >= 11 is 1.46. The van der Waals surface area contributed by atoms with Gasteiger partial charge in [0.1, 0.15) is 5.00 Å². The van der Waals surface area contributed by atoms with Gasteiger partial charge in [-0.2, -0.15) is 0 Å². The normalized spacial score (nSPS) is 16.0. The average Bonchev–Trinajstić information content (AvgIpc) is 2.95. The third kappa shape index (κ3) is 5.77. The summed E-state index contributed by atoms with van der Waals surface area (Å²) in [5.74, 6) is -0.205. The first-order valence-electron chi connectivity index (χ1n) is 9.33. The number of esters is 1. The molecule has 2 amide bonds. The highest BCUT2D eigenvalue weighted by molar-refractivity contribution is 7.17.